The maximum absolute atomic E-state index is 12.9. The van der Waals surface area contributed by atoms with E-state index in [1.54, 1.807) is 10.6 Å². The summed E-state index contributed by atoms with van der Waals surface area (Å²) in [6.45, 7) is 6.09. The van der Waals surface area contributed by atoms with Crippen LogP contribution in [0.25, 0.3) is 16.6 Å². The highest BCUT2D eigenvalue weighted by Gasteiger charge is 2.11. The summed E-state index contributed by atoms with van der Waals surface area (Å²) >= 11 is 4.33. The van der Waals surface area contributed by atoms with Gasteiger partial charge in [-0.05, 0) is 81.7 Å². The van der Waals surface area contributed by atoms with Crippen molar-refractivity contribution in [1.82, 2.24) is 14.5 Å². The number of nitrogens with zero attached hydrogens (tertiary/aromatic N) is 3. The molecule has 28 heavy (non-hydrogen) atoms. The Kier molecular flexibility index (Phi) is 5.69. The zero-order chi connectivity index (χ0) is 19.5. The summed E-state index contributed by atoms with van der Waals surface area (Å²) in [5.41, 5.74) is 1.38. The first-order valence-corrected chi connectivity index (χ1v) is 10.2. The van der Waals surface area contributed by atoms with Crippen molar-refractivity contribution in [3.8, 4) is 11.4 Å². The largest absolute Gasteiger partial charge is 0.494 e. The highest BCUT2D eigenvalue weighted by molar-refractivity contribution is 7.80. The van der Waals surface area contributed by atoms with Gasteiger partial charge in [0, 0.05) is 11.4 Å². The van der Waals surface area contributed by atoms with E-state index in [2.05, 4.69) is 22.5 Å². The second-order valence-electron chi connectivity index (χ2n) is 7.25. The maximum Gasteiger partial charge on any atom is 0.265 e. The number of likely N-dealkylation sites (tertiary alicyclic amines) is 1. The van der Waals surface area contributed by atoms with E-state index < -0.39 is 0 Å². The van der Waals surface area contributed by atoms with Crippen molar-refractivity contribution in [3.63, 3.8) is 0 Å². The van der Waals surface area contributed by atoms with Gasteiger partial charge in [-0.3, -0.25) is 9.36 Å². The van der Waals surface area contributed by atoms with Gasteiger partial charge in [0.25, 0.3) is 5.56 Å². The summed E-state index contributed by atoms with van der Waals surface area (Å²) in [5, 5.41) is 0.589. The Hall–Kier alpha value is -2.31. The van der Waals surface area contributed by atoms with Crippen molar-refractivity contribution in [2.45, 2.75) is 31.1 Å². The Morgan fingerprint density at radius 1 is 1.11 bits per heavy atom. The molecule has 1 aromatic heterocycles. The summed E-state index contributed by atoms with van der Waals surface area (Å²) < 4.78 is 7.50. The number of aromatic nitrogens is 2. The molecule has 1 fully saturated rings. The van der Waals surface area contributed by atoms with Gasteiger partial charge < -0.3 is 9.64 Å². The SMILES string of the molecule is Cc1nc2cc(S)ccc2c(=O)n1-c1ccc(OCCCN2CCCC2)cc1. The number of fused-ring (bicyclic) bond motifs is 1. The molecule has 2 aromatic carbocycles. The molecule has 3 aromatic rings. The summed E-state index contributed by atoms with van der Waals surface area (Å²) in [6.07, 6.45) is 3.67. The normalized spacial score (nSPS) is 14.6. The van der Waals surface area contributed by atoms with Crippen molar-refractivity contribution in [1.29, 1.82) is 0 Å². The van der Waals surface area contributed by atoms with Crippen LogP contribution < -0.4 is 10.3 Å². The Morgan fingerprint density at radius 2 is 1.86 bits per heavy atom. The molecule has 146 valence electrons. The van der Waals surface area contributed by atoms with Crippen LogP contribution in [0.3, 0.4) is 0 Å². The van der Waals surface area contributed by atoms with Crippen LogP contribution in [0.2, 0.25) is 0 Å². The predicted molar refractivity (Wildman–Crippen MR) is 115 cm³/mol. The van der Waals surface area contributed by atoms with Gasteiger partial charge in [-0.25, -0.2) is 4.98 Å². The van der Waals surface area contributed by atoms with E-state index in [1.807, 2.05) is 43.3 Å². The van der Waals surface area contributed by atoms with Gasteiger partial charge in [-0.1, -0.05) is 0 Å². The Labute approximate surface area is 170 Å². The number of thiol groups is 1. The van der Waals surface area contributed by atoms with Crippen LogP contribution in [0.1, 0.15) is 25.1 Å². The minimum absolute atomic E-state index is 0.0740. The highest BCUT2D eigenvalue weighted by Crippen LogP contribution is 2.19. The van der Waals surface area contributed by atoms with Crippen molar-refractivity contribution >= 4 is 23.5 Å². The summed E-state index contributed by atoms with van der Waals surface area (Å²) in [6, 6.07) is 13.1. The lowest BCUT2D eigenvalue weighted by Gasteiger charge is -2.15. The molecule has 6 heteroatoms. The molecule has 0 N–H and O–H groups in total. The smallest absolute Gasteiger partial charge is 0.265 e. The Morgan fingerprint density at radius 3 is 2.61 bits per heavy atom. The van der Waals surface area contributed by atoms with E-state index in [-0.39, 0.29) is 5.56 Å². The molecule has 0 radical (unpaired) electrons. The van der Waals surface area contributed by atoms with Gasteiger partial charge in [0.1, 0.15) is 11.6 Å². The number of hydrogen-bond acceptors (Lipinski definition) is 5. The van der Waals surface area contributed by atoms with E-state index in [0.29, 0.717) is 23.3 Å². The molecule has 1 aliphatic rings. The van der Waals surface area contributed by atoms with Crippen LogP contribution in [0.5, 0.6) is 5.75 Å². The van der Waals surface area contributed by atoms with Crippen LogP contribution in [-0.2, 0) is 0 Å². The molecular weight excluding hydrogens is 370 g/mol. The molecule has 0 amide bonds. The van der Waals surface area contributed by atoms with E-state index in [1.165, 1.54) is 25.9 Å². The average Bonchev–Trinajstić information content (AvgIpc) is 3.19. The minimum Gasteiger partial charge on any atom is -0.494 e. The molecule has 1 aliphatic heterocycles. The van der Waals surface area contributed by atoms with Crippen LogP contribution >= 0.6 is 12.6 Å². The lowest BCUT2D eigenvalue weighted by Crippen LogP contribution is -2.22. The zero-order valence-electron chi connectivity index (χ0n) is 16.1. The fraction of sp³-hybridized carbons (Fsp3) is 0.364. The van der Waals surface area contributed by atoms with Crippen molar-refractivity contribution < 1.29 is 4.74 Å². The molecule has 0 saturated carbocycles. The van der Waals surface area contributed by atoms with Crippen LogP contribution in [0, 0.1) is 6.92 Å². The molecule has 2 heterocycles. The third-order valence-electron chi connectivity index (χ3n) is 5.20. The quantitative estimate of drug-likeness (QED) is 0.509. The van der Waals surface area contributed by atoms with Crippen LogP contribution in [-0.4, -0.2) is 40.7 Å². The summed E-state index contributed by atoms with van der Waals surface area (Å²) in [7, 11) is 0. The Balaban J connectivity index is 1.47. The van der Waals surface area contributed by atoms with Crippen molar-refractivity contribution in [2.24, 2.45) is 0 Å². The number of aryl methyl sites for hydroxylation is 1. The number of ether oxygens (including phenoxy) is 1. The van der Waals surface area contributed by atoms with Gasteiger partial charge in [-0.15, -0.1) is 12.6 Å². The summed E-state index contributed by atoms with van der Waals surface area (Å²) in [5.74, 6) is 1.47. The second kappa shape index (κ2) is 8.37. The monoisotopic (exact) mass is 395 g/mol. The van der Waals surface area contributed by atoms with E-state index in [0.717, 1.165) is 29.3 Å². The van der Waals surface area contributed by atoms with E-state index in [4.69, 9.17) is 4.74 Å². The lowest BCUT2D eigenvalue weighted by molar-refractivity contribution is 0.263. The second-order valence-corrected chi connectivity index (χ2v) is 7.76. The van der Waals surface area contributed by atoms with Crippen LogP contribution in [0.15, 0.2) is 52.2 Å². The molecular formula is C22H25N3O2S. The van der Waals surface area contributed by atoms with Gasteiger partial charge in [0.2, 0.25) is 0 Å². The zero-order valence-corrected chi connectivity index (χ0v) is 17.0. The van der Waals surface area contributed by atoms with E-state index in [9.17, 15) is 4.79 Å². The third-order valence-corrected chi connectivity index (χ3v) is 5.48. The maximum atomic E-state index is 12.9. The molecule has 0 aliphatic carbocycles. The van der Waals surface area contributed by atoms with Gasteiger partial charge in [0.15, 0.2) is 0 Å². The first kappa shape index (κ1) is 19.0. The van der Waals surface area contributed by atoms with Crippen LogP contribution in [0.4, 0.5) is 0 Å². The summed E-state index contributed by atoms with van der Waals surface area (Å²) in [4.78, 5) is 20.8. The topological polar surface area (TPSA) is 47.4 Å². The molecule has 0 unspecified atom stereocenters. The predicted octanol–water partition coefficient (Wildman–Crippen LogP) is 3.85. The molecule has 5 nitrogen and oxygen atoms in total. The first-order valence-electron chi connectivity index (χ1n) is 9.80. The minimum atomic E-state index is -0.0740. The fourth-order valence-corrected chi connectivity index (χ4v) is 3.96. The molecule has 0 bridgehead atoms. The van der Waals surface area contributed by atoms with Gasteiger partial charge in [0.05, 0.1) is 23.2 Å². The molecule has 0 spiro atoms. The van der Waals surface area contributed by atoms with Crippen molar-refractivity contribution in [3.05, 3.63) is 58.6 Å². The van der Waals surface area contributed by atoms with Gasteiger partial charge in [-0.2, -0.15) is 0 Å². The lowest BCUT2D eigenvalue weighted by atomic mass is 10.2. The van der Waals surface area contributed by atoms with Gasteiger partial charge >= 0.3 is 0 Å². The standard InChI is InChI=1S/C22H25N3O2S/c1-16-23-21-15-19(28)9-10-20(21)22(26)25(16)17-5-7-18(8-6-17)27-14-4-13-24-11-2-3-12-24/h5-10,15,28H,2-4,11-14H2,1H3. The molecule has 1 saturated heterocycles. The molecule has 4 rings (SSSR count). The Bertz CT molecular complexity index is 1020. The fourth-order valence-electron chi connectivity index (χ4n) is 3.77. The number of benzene rings is 2. The van der Waals surface area contributed by atoms with Crippen molar-refractivity contribution in [2.75, 3.05) is 26.2 Å². The number of rotatable bonds is 6. The molecule has 0 atom stereocenters. The first-order chi connectivity index (χ1) is 13.6. The average molecular weight is 396 g/mol. The highest BCUT2D eigenvalue weighted by atomic mass is 32.1. The van der Waals surface area contributed by atoms with E-state index >= 15 is 0 Å². The number of hydrogen-bond donors (Lipinski definition) is 1. The third kappa shape index (κ3) is 4.08.